The Hall–Kier alpha value is -4.46. The average molecular weight is 475 g/mol. The second-order valence-corrected chi connectivity index (χ2v) is 8.14. The Bertz CT molecular complexity index is 1350. The van der Waals surface area contributed by atoms with Gasteiger partial charge >= 0.3 is 5.97 Å². The highest BCUT2D eigenvalue weighted by molar-refractivity contribution is 6.51. The number of carbonyl (C=O) groups excluding carboxylic acids is 3. The van der Waals surface area contributed by atoms with Crippen molar-refractivity contribution in [1.82, 2.24) is 0 Å². The lowest BCUT2D eigenvalue weighted by Gasteiger charge is -2.25. The van der Waals surface area contributed by atoms with Crippen LogP contribution in [0, 0.1) is 12.7 Å². The molecule has 0 aliphatic carbocycles. The molecular weight excluding hydrogens is 453 g/mol. The number of phenols is 1. The van der Waals surface area contributed by atoms with Gasteiger partial charge in [-0.2, -0.15) is 0 Å². The van der Waals surface area contributed by atoms with Crippen LogP contribution in [0.3, 0.4) is 0 Å². The number of aliphatic hydroxyl groups is 1. The quantitative estimate of drug-likeness (QED) is 0.248. The van der Waals surface area contributed by atoms with Gasteiger partial charge in [-0.25, -0.2) is 4.39 Å². The molecule has 178 valence electrons. The molecule has 3 aromatic carbocycles. The summed E-state index contributed by atoms with van der Waals surface area (Å²) in [6, 6.07) is 15.3. The minimum atomic E-state index is -1.01. The van der Waals surface area contributed by atoms with E-state index in [-0.39, 0.29) is 28.9 Å². The Kier molecular flexibility index (Phi) is 6.38. The molecular formula is C27H22FNO6. The SMILES string of the molecule is COC(=O)Cc1ccc(N2C(=O)C(=O)/C(=C(\O)c3ccc(F)c(C)c3)C2c2ccc(O)cc2)cc1. The first-order chi connectivity index (χ1) is 16.7. The Morgan fingerprint density at radius 3 is 2.29 bits per heavy atom. The number of ether oxygens (including phenoxy) is 1. The molecule has 1 aliphatic heterocycles. The number of nitrogens with zero attached hydrogens (tertiary/aromatic N) is 1. The van der Waals surface area contributed by atoms with Crippen LogP contribution in [0.1, 0.15) is 28.3 Å². The van der Waals surface area contributed by atoms with Crippen molar-refractivity contribution in [3.05, 3.63) is 100 Å². The van der Waals surface area contributed by atoms with Crippen molar-refractivity contribution in [2.24, 2.45) is 0 Å². The zero-order valence-corrected chi connectivity index (χ0v) is 19.0. The summed E-state index contributed by atoms with van der Waals surface area (Å²) < 4.78 is 18.5. The second-order valence-electron chi connectivity index (χ2n) is 8.14. The van der Waals surface area contributed by atoms with Crippen molar-refractivity contribution < 1.29 is 33.7 Å². The number of carbonyl (C=O) groups is 3. The zero-order chi connectivity index (χ0) is 25.3. The van der Waals surface area contributed by atoms with E-state index in [4.69, 9.17) is 0 Å². The third-order valence-corrected chi connectivity index (χ3v) is 5.88. The van der Waals surface area contributed by atoms with E-state index < -0.39 is 35.3 Å². The van der Waals surface area contributed by atoms with Crippen LogP contribution in [0.4, 0.5) is 10.1 Å². The molecule has 0 bridgehead atoms. The molecule has 0 spiro atoms. The molecule has 0 aromatic heterocycles. The van der Waals surface area contributed by atoms with Crippen molar-refractivity contribution in [3.63, 3.8) is 0 Å². The first-order valence-electron chi connectivity index (χ1n) is 10.7. The Labute approximate surface area is 200 Å². The number of aliphatic hydroxyl groups excluding tert-OH is 1. The summed E-state index contributed by atoms with van der Waals surface area (Å²) >= 11 is 0. The van der Waals surface area contributed by atoms with E-state index in [1.165, 1.54) is 49.3 Å². The first kappa shape index (κ1) is 23.7. The number of Topliss-reactive ketones (excluding diaryl/α,β-unsaturated/α-hetero) is 1. The topological polar surface area (TPSA) is 104 Å². The standard InChI is InChI=1S/C27H22FNO6/c1-15-13-18(7-12-21(15)28)25(32)23-24(17-5-10-20(30)11-6-17)29(27(34)26(23)33)19-8-3-16(4-9-19)14-22(31)35-2/h3-13,24,30,32H,14H2,1-2H3/b25-23-. The van der Waals surface area contributed by atoms with Gasteiger partial charge in [-0.05, 0) is 66.1 Å². The van der Waals surface area contributed by atoms with E-state index in [0.29, 0.717) is 16.8 Å². The van der Waals surface area contributed by atoms with Crippen molar-refractivity contribution in [1.29, 1.82) is 0 Å². The number of anilines is 1. The van der Waals surface area contributed by atoms with E-state index >= 15 is 0 Å². The molecule has 1 saturated heterocycles. The monoisotopic (exact) mass is 475 g/mol. The summed E-state index contributed by atoms with van der Waals surface area (Å²) in [5, 5.41) is 20.8. The molecule has 7 nitrogen and oxygen atoms in total. The highest BCUT2D eigenvalue weighted by atomic mass is 19.1. The molecule has 4 rings (SSSR count). The largest absolute Gasteiger partial charge is 0.508 e. The summed E-state index contributed by atoms with van der Waals surface area (Å²) in [6.07, 6.45) is 0.0426. The third-order valence-electron chi connectivity index (χ3n) is 5.88. The minimum Gasteiger partial charge on any atom is -0.508 e. The van der Waals surface area contributed by atoms with Gasteiger partial charge in [0.15, 0.2) is 0 Å². The van der Waals surface area contributed by atoms with Crippen LogP contribution in [0.25, 0.3) is 5.76 Å². The lowest BCUT2D eigenvalue weighted by atomic mass is 9.94. The van der Waals surface area contributed by atoms with Gasteiger partial charge in [0, 0.05) is 11.3 Å². The average Bonchev–Trinajstić information content (AvgIpc) is 3.11. The third kappa shape index (κ3) is 4.50. The number of phenolic OH excluding ortho intramolecular Hbond substituents is 1. The summed E-state index contributed by atoms with van der Waals surface area (Å²) in [5.74, 6) is -3.09. The van der Waals surface area contributed by atoms with Crippen LogP contribution in [0.5, 0.6) is 5.75 Å². The first-order valence-corrected chi connectivity index (χ1v) is 10.7. The van der Waals surface area contributed by atoms with Crippen LogP contribution in [-0.2, 0) is 25.5 Å². The molecule has 8 heteroatoms. The van der Waals surface area contributed by atoms with Crippen molar-refractivity contribution in [2.45, 2.75) is 19.4 Å². The Morgan fingerprint density at radius 2 is 1.69 bits per heavy atom. The zero-order valence-electron chi connectivity index (χ0n) is 19.0. The minimum absolute atomic E-state index is 0.00739. The van der Waals surface area contributed by atoms with Crippen LogP contribution in [0.2, 0.25) is 0 Å². The van der Waals surface area contributed by atoms with Crippen LogP contribution < -0.4 is 4.90 Å². The maximum Gasteiger partial charge on any atom is 0.309 e. The lowest BCUT2D eigenvalue weighted by Crippen LogP contribution is -2.29. The van der Waals surface area contributed by atoms with Gasteiger partial charge in [0.1, 0.15) is 17.3 Å². The van der Waals surface area contributed by atoms with Crippen LogP contribution >= 0.6 is 0 Å². The van der Waals surface area contributed by atoms with E-state index in [1.54, 1.807) is 36.4 Å². The molecule has 1 amide bonds. The van der Waals surface area contributed by atoms with E-state index in [9.17, 15) is 29.0 Å². The second kappa shape index (κ2) is 9.42. The number of aromatic hydroxyl groups is 1. The fraction of sp³-hybridized carbons (Fsp3) is 0.148. The van der Waals surface area contributed by atoms with Crippen molar-refractivity contribution >= 4 is 29.1 Å². The van der Waals surface area contributed by atoms with Gasteiger partial charge in [0.05, 0.1) is 25.1 Å². The normalized spacial score (nSPS) is 17.0. The van der Waals surface area contributed by atoms with Crippen LogP contribution in [-0.4, -0.2) is 35.0 Å². The highest BCUT2D eigenvalue weighted by Gasteiger charge is 2.47. The number of ketones is 1. The number of halogens is 1. The summed E-state index contributed by atoms with van der Waals surface area (Å²) in [6.45, 7) is 1.53. The molecule has 2 N–H and O–H groups in total. The molecule has 1 heterocycles. The van der Waals surface area contributed by atoms with E-state index in [2.05, 4.69) is 4.74 Å². The predicted octanol–water partition coefficient (Wildman–Crippen LogP) is 4.18. The fourth-order valence-electron chi connectivity index (χ4n) is 4.03. The number of aryl methyl sites for hydroxylation is 1. The summed E-state index contributed by atoms with van der Waals surface area (Å²) in [7, 11) is 1.29. The van der Waals surface area contributed by atoms with Crippen molar-refractivity contribution in [3.8, 4) is 5.75 Å². The van der Waals surface area contributed by atoms with Gasteiger partial charge < -0.3 is 14.9 Å². The number of hydrogen-bond donors (Lipinski definition) is 2. The smallest absolute Gasteiger partial charge is 0.309 e. The molecule has 1 atom stereocenters. The van der Waals surface area contributed by atoms with Gasteiger partial charge in [0.25, 0.3) is 11.7 Å². The fourth-order valence-corrected chi connectivity index (χ4v) is 4.03. The maximum absolute atomic E-state index is 13.8. The summed E-state index contributed by atoms with van der Waals surface area (Å²) in [4.78, 5) is 39.2. The number of hydrogen-bond acceptors (Lipinski definition) is 6. The molecule has 3 aromatic rings. The van der Waals surface area contributed by atoms with Crippen LogP contribution in [0.15, 0.2) is 72.3 Å². The number of esters is 1. The van der Waals surface area contributed by atoms with Gasteiger partial charge in [-0.15, -0.1) is 0 Å². The summed E-state index contributed by atoms with van der Waals surface area (Å²) in [5.41, 5.74) is 1.80. The molecule has 35 heavy (non-hydrogen) atoms. The molecule has 1 fully saturated rings. The molecule has 1 aliphatic rings. The Morgan fingerprint density at radius 1 is 1.03 bits per heavy atom. The van der Waals surface area contributed by atoms with Crippen molar-refractivity contribution in [2.75, 3.05) is 12.0 Å². The predicted molar refractivity (Wildman–Crippen MR) is 126 cm³/mol. The number of methoxy groups -OCH3 is 1. The van der Waals surface area contributed by atoms with E-state index in [0.717, 1.165) is 0 Å². The lowest BCUT2D eigenvalue weighted by molar-refractivity contribution is -0.139. The number of rotatable bonds is 5. The molecule has 1 unspecified atom stereocenters. The maximum atomic E-state index is 13.8. The van der Waals surface area contributed by atoms with E-state index in [1.807, 2.05) is 0 Å². The highest BCUT2D eigenvalue weighted by Crippen LogP contribution is 2.42. The Balaban J connectivity index is 1.85. The van der Waals surface area contributed by atoms with Gasteiger partial charge in [-0.1, -0.05) is 24.3 Å². The molecule has 0 radical (unpaired) electrons. The molecule has 0 saturated carbocycles. The van der Waals surface area contributed by atoms with Gasteiger partial charge in [0.2, 0.25) is 0 Å². The number of benzene rings is 3. The van der Waals surface area contributed by atoms with Gasteiger partial charge in [-0.3, -0.25) is 19.3 Å². The number of amides is 1.